The smallest absolute Gasteiger partial charge is 0.243 e. The number of carbonyl (C=O) groups is 2. The van der Waals surface area contributed by atoms with Crippen LogP contribution < -0.4 is 10.0 Å². The maximum Gasteiger partial charge on any atom is 0.243 e. The minimum atomic E-state index is -3.73. The lowest BCUT2D eigenvalue weighted by molar-refractivity contribution is -0.141. The Balaban J connectivity index is 2.04. The molecule has 1 heterocycles. The van der Waals surface area contributed by atoms with Crippen LogP contribution >= 0.6 is 23.2 Å². The standard InChI is InChI=1S/C19H27Cl2N3O5S/c1-19(2,27)16(23-30(3,28)29)18(26)24-8-4-5-13(11-24)17(25)22-10-12-6-7-14(20)9-15(12)21/h6-7,9,13,16,23,27H,4-5,8,10-11H2,1-3H3,(H,22,25)/t13?,16-/m0/s1. The van der Waals surface area contributed by atoms with Crippen LogP contribution in [0.15, 0.2) is 18.2 Å². The summed E-state index contributed by atoms with van der Waals surface area (Å²) in [6, 6.07) is 3.66. The van der Waals surface area contributed by atoms with E-state index in [2.05, 4.69) is 10.0 Å². The average molecular weight is 480 g/mol. The van der Waals surface area contributed by atoms with Crippen molar-refractivity contribution in [1.29, 1.82) is 0 Å². The number of hydrogen-bond donors (Lipinski definition) is 3. The van der Waals surface area contributed by atoms with Crippen LogP contribution in [-0.4, -0.2) is 61.2 Å². The van der Waals surface area contributed by atoms with Gasteiger partial charge in [-0.3, -0.25) is 9.59 Å². The summed E-state index contributed by atoms with van der Waals surface area (Å²) in [7, 11) is -3.73. The number of rotatable bonds is 7. The number of nitrogens with one attached hydrogen (secondary N) is 2. The molecule has 11 heteroatoms. The molecule has 2 rings (SSSR count). The SMILES string of the molecule is CC(C)(O)[C@@H](NS(C)(=O)=O)C(=O)N1CCCC(C(=O)NCc2ccc(Cl)cc2Cl)C1. The number of nitrogens with zero attached hydrogens (tertiary/aromatic N) is 1. The molecular formula is C19H27Cl2N3O5S. The highest BCUT2D eigenvalue weighted by atomic mass is 35.5. The number of halogens is 2. The number of likely N-dealkylation sites (tertiary alicyclic amines) is 1. The molecule has 0 aromatic heterocycles. The van der Waals surface area contributed by atoms with Crippen molar-refractivity contribution in [2.75, 3.05) is 19.3 Å². The summed E-state index contributed by atoms with van der Waals surface area (Å²) in [4.78, 5) is 27.0. The van der Waals surface area contributed by atoms with Crippen molar-refractivity contribution in [3.8, 4) is 0 Å². The Morgan fingerprint density at radius 1 is 1.33 bits per heavy atom. The molecule has 1 unspecified atom stereocenters. The highest BCUT2D eigenvalue weighted by Gasteiger charge is 2.40. The molecule has 0 bridgehead atoms. The summed E-state index contributed by atoms with van der Waals surface area (Å²) < 4.78 is 25.5. The number of piperidine rings is 1. The quantitative estimate of drug-likeness (QED) is 0.548. The second-order valence-electron chi connectivity index (χ2n) is 8.05. The molecular weight excluding hydrogens is 453 g/mol. The maximum absolute atomic E-state index is 12.9. The summed E-state index contributed by atoms with van der Waals surface area (Å²) in [5, 5.41) is 14.1. The predicted molar refractivity (Wildman–Crippen MR) is 116 cm³/mol. The molecule has 1 fully saturated rings. The van der Waals surface area contributed by atoms with E-state index in [0.29, 0.717) is 29.4 Å². The van der Waals surface area contributed by atoms with Crippen LogP contribution in [0.25, 0.3) is 0 Å². The van der Waals surface area contributed by atoms with E-state index in [4.69, 9.17) is 23.2 Å². The fourth-order valence-electron chi connectivity index (χ4n) is 3.28. The number of sulfonamides is 1. The van der Waals surface area contributed by atoms with Crippen LogP contribution in [0, 0.1) is 5.92 Å². The monoisotopic (exact) mass is 479 g/mol. The summed E-state index contributed by atoms with van der Waals surface area (Å²) in [6.07, 6.45) is 2.10. The first-order valence-corrected chi connectivity index (χ1v) is 12.1. The summed E-state index contributed by atoms with van der Waals surface area (Å²) in [5.74, 6) is -1.24. The zero-order chi connectivity index (χ0) is 22.7. The first-order chi connectivity index (χ1) is 13.8. The molecule has 3 N–H and O–H groups in total. The van der Waals surface area contributed by atoms with E-state index in [0.717, 1.165) is 11.8 Å². The van der Waals surface area contributed by atoms with Gasteiger partial charge in [-0.15, -0.1) is 0 Å². The summed E-state index contributed by atoms with van der Waals surface area (Å²) in [5.41, 5.74) is -0.890. The molecule has 30 heavy (non-hydrogen) atoms. The van der Waals surface area contributed by atoms with Gasteiger partial charge >= 0.3 is 0 Å². The van der Waals surface area contributed by atoms with E-state index < -0.39 is 33.5 Å². The Kier molecular flexibility index (Phi) is 8.15. The predicted octanol–water partition coefficient (Wildman–Crippen LogP) is 1.54. The van der Waals surface area contributed by atoms with Gasteiger partial charge in [0.2, 0.25) is 21.8 Å². The first kappa shape index (κ1) is 24.9. The van der Waals surface area contributed by atoms with Crippen molar-refractivity contribution in [3.63, 3.8) is 0 Å². The molecule has 2 atom stereocenters. The molecule has 1 saturated heterocycles. The minimum Gasteiger partial charge on any atom is -0.388 e. The highest BCUT2D eigenvalue weighted by Crippen LogP contribution is 2.23. The molecule has 1 aromatic carbocycles. The van der Waals surface area contributed by atoms with E-state index in [1.807, 2.05) is 0 Å². The number of benzene rings is 1. The van der Waals surface area contributed by atoms with Crippen molar-refractivity contribution in [2.45, 2.75) is 44.9 Å². The Bertz CT molecular complexity index is 902. The van der Waals surface area contributed by atoms with Gasteiger partial charge in [-0.25, -0.2) is 13.1 Å². The largest absolute Gasteiger partial charge is 0.388 e. The van der Waals surface area contributed by atoms with Gasteiger partial charge in [0.15, 0.2) is 0 Å². The second kappa shape index (κ2) is 9.82. The van der Waals surface area contributed by atoms with Gasteiger partial charge in [0.05, 0.1) is 17.8 Å². The zero-order valence-corrected chi connectivity index (χ0v) is 19.4. The lowest BCUT2D eigenvalue weighted by Crippen LogP contribution is -2.60. The minimum absolute atomic E-state index is 0.136. The van der Waals surface area contributed by atoms with Gasteiger partial charge in [0, 0.05) is 29.7 Å². The highest BCUT2D eigenvalue weighted by molar-refractivity contribution is 7.88. The summed E-state index contributed by atoms with van der Waals surface area (Å²) in [6.45, 7) is 3.46. The normalized spacial score (nSPS) is 18.7. The van der Waals surface area contributed by atoms with E-state index in [-0.39, 0.29) is 19.0 Å². The van der Waals surface area contributed by atoms with Crippen LogP contribution in [0.5, 0.6) is 0 Å². The van der Waals surface area contributed by atoms with Crippen molar-refractivity contribution >= 4 is 45.0 Å². The summed E-state index contributed by atoms with van der Waals surface area (Å²) >= 11 is 12.0. The number of amides is 2. The van der Waals surface area contributed by atoms with Crippen molar-refractivity contribution in [3.05, 3.63) is 33.8 Å². The van der Waals surface area contributed by atoms with E-state index >= 15 is 0 Å². The first-order valence-electron chi connectivity index (χ1n) is 9.48. The van der Waals surface area contributed by atoms with Gasteiger partial charge in [-0.1, -0.05) is 29.3 Å². The van der Waals surface area contributed by atoms with Crippen molar-refractivity contribution in [1.82, 2.24) is 14.9 Å². The fraction of sp³-hybridized carbons (Fsp3) is 0.579. The van der Waals surface area contributed by atoms with Crippen LogP contribution in [0.3, 0.4) is 0 Å². The zero-order valence-electron chi connectivity index (χ0n) is 17.1. The number of hydrogen-bond acceptors (Lipinski definition) is 5. The van der Waals surface area contributed by atoms with Gasteiger partial charge in [0.1, 0.15) is 6.04 Å². The molecule has 0 aliphatic carbocycles. The second-order valence-corrected chi connectivity index (χ2v) is 10.7. The Morgan fingerprint density at radius 3 is 2.57 bits per heavy atom. The Morgan fingerprint density at radius 2 is 2.00 bits per heavy atom. The molecule has 1 aromatic rings. The molecule has 2 amide bonds. The number of carbonyl (C=O) groups excluding carboxylic acids is 2. The van der Waals surface area contributed by atoms with E-state index in [1.54, 1.807) is 18.2 Å². The van der Waals surface area contributed by atoms with Gasteiger partial charge in [0.25, 0.3) is 0 Å². The van der Waals surface area contributed by atoms with Crippen LogP contribution in [0.1, 0.15) is 32.3 Å². The molecule has 0 spiro atoms. The van der Waals surface area contributed by atoms with Crippen LogP contribution in [-0.2, 0) is 26.2 Å². The van der Waals surface area contributed by atoms with E-state index in [1.165, 1.54) is 18.7 Å². The molecule has 8 nitrogen and oxygen atoms in total. The third-order valence-corrected chi connectivity index (χ3v) is 6.11. The van der Waals surface area contributed by atoms with Crippen molar-refractivity contribution < 1.29 is 23.1 Å². The Hall–Kier alpha value is -1.39. The van der Waals surface area contributed by atoms with Gasteiger partial charge in [-0.05, 0) is 44.4 Å². The Labute approximate surface area is 187 Å². The lowest BCUT2D eigenvalue weighted by atomic mass is 9.93. The average Bonchev–Trinajstić information content (AvgIpc) is 2.63. The van der Waals surface area contributed by atoms with Crippen molar-refractivity contribution in [2.24, 2.45) is 5.92 Å². The van der Waals surface area contributed by atoms with Gasteiger partial charge in [-0.2, -0.15) is 0 Å². The van der Waals surface area contributed by atoms with Crippen LogP contribution in [0.4, 0.5) is 0 Å². The molecule has 1 aliphatic rings. The fourth-order valence-corrected chi connectivity index (χ4v) is 4.57. The van der Waals surface area contributed by atoms with Crippen LogP contribution in [0.2, 0.25) is 10.0 Å². The molecule has 0 saturated carbocycles. The van der Waals surface area contributed by atoms with Gasteiger partial charge < -0.3 is 15.3 Å². The van der Waals surface area contributed by atoms with E-state index in [9.17, 15) is 23.1 Å². The maximum atomic E-state index is 12.9. The number of aliphatic hydroxyl groups is 1. The molecule has 1 aliphatic heterocycles. The molecule has 0 radical (unpaired) electrons. The lowest BCUT2D eigenvalue weighted by Gasteiger charge is -2.37. The molecule has 168 valence electrons. The topological polar surface area (TPSA) is 116 Å². The third kappa shape index (κ3) is 7.09. The third-order valence-electron chi connectivity index (χ3n) is 4.86.